The molecule has 0 unspecified atom stereocenters. The van der Waals surface area contributed by atoms with E-state index in [0.717, 1.165) is 20.8 Å². The Balaban J connectivity index is 3.14. The second-order valence-electron chi connectivity index (χ2n) is 5.14. The second kappa shape index (κ2) is 8.38. The van der Waals surface area contributed by atoms with Crippen LogP contribution in [0.25, 0.3) is 0 Å². The summed E-state index contributed by atoms with van der Waals surface area (Å²) in [6.45, 7) is 4.56. The lowest BCUT2D eigenvalue weighted by Gasteiger charge is -2.46. The van der Waals surface area contributed by atoms with Gasteiger partial charge in [0.2, 0.25) is 18.2 Å². The van der Waals surface area contributed by atoms with E-state index in [2.05, 4.69) is 0 Å². The van der Waals surface area contributed by atoms with Gasteiger partial charge in [-0.2, -0.15) is 0 Å². The highest BCUT2D eigenvalue weighted by molar-refractivity contribution is 5.67. The molecular formula is C14H22O10. The highest BCUT2D eigenvalue weighted by Gasteiger charge is 2.60. The van der Waals surface area contributed by atoms with Gasteiger partial charge in [-0.3, -0.25) is 14.4 Å². The first kappa shape index (κ1) is 20.3. The fourth-order valence-electron chi connectivity index (χ4n) is 2.23. The summed E-state index contributed by atoms with van der Waals surface area (Å²) in [6.07, 6.45) is -5.94. The monoisotopic (exact) mass is 350 g/mol. The van der Waals surface area contributed by atoms with Gasteiger partial charge in [-0.15, -0.1) is 0 Å². The van der Waals surface area contributed by atoms with Crippen molar-refractivity contribution in [3.05, 3.63) is 0 Å². The lowest BCUT2D eigenvalue weighted by molar-refractivity contribution is -0.388. The summed E-state index contributed by atoms with van der Waals surface area (Å²) in [5.74, 6) is -5.11. The zero-order chi connectivity index (χ0) is 18.5. The maximum atomic E-state index is 11.3. The number of hydrogen-bond donors (Lipinski definition) is 2. The summed E-state index contributed by atoms with van der Waals surface area (Å²) < 4.78 is 25.2. The van der Waals surface area contributed by atoms with Gasteiger partial charge in [0.05, 0.1) is 0 Å². The Kier molecular flexibility index (Phi) is 7.08. The molecule has 4 atom stereocenters. The van der Waals surface area contributed by atoms with E-state index in [0.29, 0.717) is 0 Å². The SMILES string of the molecule is CCO[C@@H]1O[C@H](COC(C)=O)[C@H](OC(C)=O)C(O)(O)[C@H]1OC(C)=O. The van der Waals surface area contributed by atoms with Crippen LogP contribution in [0, 0.1) is 0 Å². The molecule has 0 aromatic carbocycles. The Labute approximate surface area is 138 Å². The lowest BCUT2D eigenvalue weighted by atomic mass is 9.94. The molecule has 1 saturated heterocycles. The number of hydrogen-bond acceptors (Lipinski definition) is 10. The smallest absolute Gasteiger partial charge is 0.303 e. The van der Waals surface area contributed by atoms with Crippen LogP contribution in [0.2, 0.25) is 0 Å². The van der Waals surface area contributed by atoms with Gasteiger partial charge >= 0.3 is 17.9 Å². The first-order valence-corrected chi connectivity index (χ1v) is 7.29. The lowest BCUT2D eigenvalue weighted by Crippen LogP contribution is -2.69. The molecule has 0 bridgehead atoms. The van der Waals surface area contributed by atoms with E-state index in [-0.39, 0.29) is 6.61 Å². The molecule has 0 aromatic heterocycles. The molecule has 24 heavy (non-hydrogen) atoms. The number of carbonyl (C=O) groups is 3. The van der Waals surface area contributed by atoms with Crippen LogP contribution >= 0.6 is 0 Å². The van der Waals surface area contributed by atoms with Crippen molar-refractivity contribution in [3.8, 4) is 0 Å². The average Bonchev–Trinajstić information content (AvgIpc) is 2.44. The standard InChI is InChI=1S/C14H22O10/c1-5-20-13-12(23-9(4)17)14(18,19)11(22-8(3)16)10(24-13)6-21-7(2)15/h10-13,18-19H,5-6H2,1-4H3/t10-,11+,12+,13-/m1/s1. The normalized spacial score (nSPS) is 28.8. The topological polar surface area (TPSA) is 138 Å². The number of esters is 3. The van der Waals surface area contributed by atoms with Crippen molar-refractivity contribution in [1.82, 2.24) is 0 Å². The molecule has 1 aliphatic heterocycles. The second-order valence-corrected chi connectivity index (χ2v) is 5.14. The third-order valence-electron chi connectivity index (χ3n) is 3.10. The Morgan fingerprint density at radius 3 is 2.00 bits per heavy atom. The third-order valence-corrected chi connectivity index (χ3v) is 3.10. The van der Waals surface area contributed by atoms with Crippen LogP contribution in [-0.4, -0.2) is 71.7 Å². The fraction of sp³-hybridized carbons (Fsp3) is 0.786. The van der Waals surface area contributed by atoms with E-state index in [4.69, 9.17) is 23.7 Å². The highest BCUT2D eigenvalue weighted by atomic mass is 16.7. The minimum absolute atomic E-state index is 0.108. The molecule has 0 amide bonds. The molecule has 1 fully saturated rings. The highest BCUT2D eigenvalue weighted by Crippen LogP contribution is 2.33. The van der Waals surface area contributed by atoms with Gasteiger partial charge in [-0.25, -0.2) is 0 Å². The summed E-state index contributed by atoms with van der Waals surface area (Å²) in [7, 11) is 0. The Morgan fingerprint density at radius 1 is 1.00 bits per heavy atom. The molecule has 10 nitrogen and oxygen atoms in total. The van der Waals surface area contributed by atoms with Gasteiger partial charge in [0.25, 0.3) is 0 Å². The average molecular weight is 350 g/mol. The van der Waals surface area contributed by atoms with E-state index >= 15 is 0 Å². The van der Waals surface area contributed by atoms with E-state index in [1.165, 1.54) is 0 Å². The van der Waals surface area contributed by atoms with Crippen molar-refractivity contribution in [2.75, 3.05) is 13.2 Å². The molecule has 138 valence electrons. The number of carbonyl (C=O) groups excluding carboxylic acids is 3. The van der Waals surface area contributed by atoms with Crippen molar-refractivity contribution in [3.63, 3.8) is 0 Å². The first-order valence-electron chi connectivity index (χ1n) is 7.29. The van der Waals surface area contributed by atoms with Crippen molar-refractivity contribution < 1.29 is 48.3 Å². The van der Waals surface area contributed by atoms with Crippen molar-refractivity contribution in [2.24, 2.45) is 0 Å². The third kappa shape index (κ3) is 5.13. The van der Waals surface area contributed by atoms with Crippen LogP contribution < -0.4 is 0 Å². The predicted octanol–water partition coefficient (Wildman–Crippen LogP) is -1.14. The molecular weight excluding hydrogens is 328 g/mol. The predicted molar refractivity (Wildman–Crippen MR) is 75.2 cm³/mol. The van der Waals surface area contributed by atoms with Crippen molar-refractivity contribution in [1.29, 1.82) is 0 Å². The summed E-state index contributed by atoms with van der Waals surface area (Å²) in [6, 6.07) is 0. The Bertz CT molecular complexity index is 474. The maximum absolute atomic E-state index is 11.3. The van der Waals surface area contributed by atoms with Gasteiger partial charge in [0, 0.05) is 27.4 Å². The van der Waals surface area contributed by atoms with Gasteiger partial charge in [-0.1, -0.05) is 0 Å². The minimum atomic E-state index is -2.82. The summed E-state index contributed by atoms with van der Waals surface area (Å²) in [4.78, 5) is 33.5. The van der Waals surface area contributed by atoms with Gasteiger partial charge in [-0.05, 0) is 6.92 Å². The summed E-state index contributed by atoms with van der Waals surface area (Å²) in [5.41, 5.74) is 0. The maximum Gasteiger partial charge on any atom is 0.303 e. The van der Waals surface area contributed by atoms with Gasteiger partial charge in [0.15, 0.2) is 6.10 Å². The van der Waals surface area contributed by atoms with Gasteiger partial charge < -0.3 is 33.9 Å². The zero-order valence-electron chi connectivity index (χ0n) is 13.9. The van der Waals surface area contributed by atoms with Crippen LogP contribution in [0.3, 0.4) is 0 Å². The largest absolute Gasteiger partial charge is 0.463 e. The van der Waals surface area contributed by atoms with Crippen molar-refractivity contribution >= 4 is 17.9 Å². The molecule has 2 N–H and O–H groups in total. The molecule has 10 heteroatoms. The number of rotatable bonds is 6. The molecule has 1 aliphatic rings. The van der Waals surface area contributed by atoms with E-state index in [1.807, 2.05) is 0 Å². The number of ether oxygens (including phenoxy) is 5. The van der Waals surface area contributed by atoms with E-state index in [1.54, 1.807) is 6.92 Å². The molecule has 0 saturated carbocycles. The Hall–Kier alpha value is -1.75. The zero-order valence-corrected chi connectivity index (χ0v) is 13.9. The van der Waals surface area contributed by atoms with Gasteiger partial charge in [0.1, 0.15) is 12.7 Å². The van der Waals surface area contributed by atoms with Crippen LogP contribution in [0.15, 0.2) is 0 Å². The van der Waals surface area contributed by atoms with Crippen LogP contribution in [0.1, 0.15) is 27.7 Å². The quantitative estimate of drug-likeness (QED) is 0.343. The molecule has 1 rings (SSSR count). The van der Waals surface area contributed by atoms with Crippen LogP contribution in [-0.2, 0) is 38.1 Å². The van der Waals surface area contributed by atoms with Crippen LogP contribution in [0.5, 0.6) is 0 Å². The van der Waals surface area contributed by atoms with Crippen molar-refractivity contribution in [2.45, 2.75) is 58.1 Å². The van der Waals surface area contributed by atoms with E-state index in [9.17, 15) is 24.6 Å². The Morgan fingerprint density at radius 2 is 1.54 bits per heavy atom. The molecule has 0 aromatic rings. The number of aliphatic hydroxyl groups is 2. The molecule has 0 spiro atoms. The first-order chi connectivity index (χ1) is 11.1. The summed E-state index contributed by atoms with van der Waals surface area (Å²) >= 11 is 0. The van der Waals surface area contributed by atoms with Crippen LogP contribution in [0.4, 0.5) is 0 Å². The molecule has 1 heterocycles. The fourth-order valence-corrected chi connectivity index (χ4v) is 2.23. The minimum Gasteiger partial charge on any atom is -0.463 e. The molecule has 0 aliphatic carbocycles. The summed E-state index contributed by atoms with van der Waals surface area (Å²) in [5, 5.41) is 20.9. The molecule has 0 radical (unpaired) electrons. The van der Waals surface area contributed by atoms with E-state index < -0.39 is 54.9 Å².